The zero-order valence-electron chi connectivity index (χ0n) is 8.28. The number of alkyl halides is 1. The van der Waals surface area contributed by atoms with Crippen LogP contribution in [0.4, 0.5) is 0 Å². The van der Waals surface area contributed by atoms with Crippen molar-refractivity contribution in [2.75, 3.05) is 4.43 Å². The maximum atomic E-state index is 9.78. The summed E-state index contributed by atoms with van der Waals surface area (Å²) in [5.41, 5.74) is 0. The van der Waals surface area contributed by atoms with Crippen molar-refractivity contribution in [3.8, 4) is 0 Å². The van der Waals surface area contributed by atoms with Crippen LogP contribution in [0.2, 0.25) is 0 Å². The monoisotopic (exact) mass is 298 g/mol. The summed E-state index contributed by atoms with van der Waals surface area (Å²) in [7, 11) is 0. The van der Waals surface area contributed by atoms with Crippen molar-refractivity contribution in [2.45, 2.75) is 32.5 Å². The van der Waals surface area contributed by atoms with E-state index in [0.29, 0.717) is 6.42 Å². The fourth-order valence-electron chi connectivity index (χ4n) is 1.26. The zero-order chi connectivity index (χ0) is 10.4. The molecule has 0 aliphatic rings. The van der Waals surface area contributed by atoms with Gasteiger partial charge in [-0.2, -0.15) is 0 Å². The van der Waals surface area contributed by atoms with Crippen molar-refractivity contribution < 1.29 is 10.2 Å². The van der Waals surface area contributed by atoms with Crippen molar-refractivity contribution in [1.82, 2.24) is 0 Å². The molecule has 13 heavy (non-hydrogen) atoms. The molecule has 0 rings (SSSR count). The van der Waals surface area contributed by atoms with E-state index in [1.807, 2.05) is 13.8 Å². The van der Waals surface area contributed by atoms with Crippen molar-refractivity contribution in [1.29, 1.82) is 0 Å². The Hall–Kier alpha value is 0.390. The van der Waals surface area contributed by atoms with Crippen LogP contribution in [0.15, 0.2) is 12.7 Å². The molecule has 0 unspecified atom stereocenters. The smallest absolute Gasteiger partial charge is 0.0634 e. The van der Waals surface area contributed by atoms with Gasteiger partial charge in [0.25, 0.3) is 0 Å². The molecule has 0 radical (unpaired) electrons. The minimum absolute atomic E-state index is 0.0430. The first-order valence-corrected chi connectivity index (χ1v) is 6.10. The van der Waals surface area contributed by atoms with Gasteiger partial charge >= 0.3 is 0 Å². The van der Waals surface area contributed by atoms with Gasteiger partial charge in [-0.3, -0.25) is 0 Å². The summed E-state index contributed by atoms with van der Waals surface area (Å²) >= 11 is 2.20. The third kappa shape index (κ3) is 4.42. The first-order valence-electron chi connectivity index (χ1n) is 4.57. The molecular formula is C10H19IO2. The minimum Gasteiger partial charge on any atom is -0.392 e. The van der Waals surface area contributed by atoms with Gasteiger partial charge in [0.15, 0.2) is 0 Å². The van der Waals surface area contributed by atoms with Crippen LogP contribution < -0.4 is 0 Å². The average Bonchev–Trinajstić information content (AvgIpc) is 2.05. The molecule has 78 valence electrons. The Labute approximate surface area is 94.2 Å². The maximum Gasteiger partial charge on any atom is 0.0634 e. The van der Waals surface area contributed by atoms with E-state index >= 15 is 0 Å². The van der Waals surface area contributed by atoms with E-state index in [2.05, 4.69) is 29.2 Å². The normalized spacial score (nSPS) is 18.3. The highest BCUT2D eigenvalue weighted by Gasteiger charge is 2.26. The molecule has 0 aliphatic carbocycles. The van der Waals surface area contributed by atoms with E-state index in [0.717, 1.165) is 4.43 Å². The molecule has 0 aromatic rings. The van der Waals surface area contributed by atoms with Gasteiger partial charge in [0.2, 0.25) is 0 Å². The molecule has 3 atom stereocenters. The third-order valence-corrected chi connectivity index (χ3v) is 3.22. The molecule has 0 saturated heterocycles. The standard InChI is InChI=1S/C10H19IO2/c1-4-5-9(12)8(6-11)10(13)7(2)3/h4,7-10,12-13H,1,5-6H2,2-3H3/t8-,9-,10-/m0/s1. The van der Waals surface area contributed by atoms with Gasteiger partial charge in [-0.15, -0.1) is 6.58 Å². The molecule has 2 N–H and O–H groups in total. The molecule has 0 aromatic carbocycles. The van der Waals surface area contributed by atoms with Gasteiger partial charge < -0.3 is 10.2 Å². The Balaban J connectivity index is 4.21. The Morgan fingerprint density at radius 1 is 1.38 bits per heavy atom. The van der Waals surface area contributed by atoms with Crippen LogP contribution in [0.3, 0.4) is 0 Å². The van der Waals surface area contributed by atoms with Crippen molar-refractivity contribution >= 4 is 22.6 Å². The molecular weight excluding hydrogens is 279 g/mol. The lowest BCUT2D eigenvalue weighted by Gasteiger charge is -2.27. The van der Waals surface area contributed by atoms with Gasteiger partial charge in [-0.25, -0.2) is 0 Å². The maximum absolute atomic E-state index is 9.78. The molecule has 3 heteroatoms. The second-order valence-corrected chi connectivity index (χ2v) is 4.53. The molecule has 0 saturated carbocycles. The Morgan fingerprint density at radius 2 is 1.92 bits per heavy atom. The van der Waals surface area contributed by atoms with Gasteiger partial charge in [0.05, 0.1) is 12.2 Å². The lowest BCUT2D eigenvalue weighted by molar-refractivity contribution is 0.00329. The van der Waals surface area contributed by atoms with Crippen LogP contribution in [0.25, 0.3) is 0 Å². The van der Waals surface area contributed by atoms with Crippen LogP contribution >= 0.6 is 22.6 Å². The summed E-state index contributed by atoms with van der Waals surface area (Å²) in [5.74, 6) is 0.151. The lowest BCUT2D eigenvalue weighted by atomic mass is 9.89. The van der Waals surface area contributed by atoms with Crippen LogP contribution in [0.1, 0.15) is 20.3 Å². The molecule has 0 bridgehead atoms. The second kappa shape index (κ2) is 6.79. The highest BCUT2D eigenvalue weighted by atomic mass is 127. The third-order valence-electron chi connectivity index (χ3n) is 2.20. The predicted molar refractivity (Wildman–Crippen MR) is 64.0 cm³/mol. The molecule has 0 spiro atoms. The van der Waals surface area contributed by atoms with Crippen LogP contribution in [0, 0.1) is 11.8 Å². The second-order valence-electron chi connectivity index (χ2n) is 3.64. The van der Waals surface area contributed by atoms with Crippen molar-refractivity contribution in [2.24, 2.45) is 11.8 Å². The lowest BCUT2D eigenvalue weighted by Crippen LogP contribution is -2.36. The quantitative estimate of drug-likeness (QED) is 0.447. The minimum atomic E-state index is -0.466. The van der Waals surface area contributed by atoms with E-state index in [1.54, 1.807) is 6.08 Å². The number of aliphatic hydroxyl groups excluding tert-OH is 2. The van der Waals surface area contributed by atoms with E-state index in [1.165, 1.54) is 0 Å². The highest BCUT2D eigenvalue weighted by Crippen LogP contribution is 2.21. The summed E-state index contributed by atoms with van der Waals surface area (Å²) < 4.78 is 0.770. The molecule has 0 aliphatic heterocycles. The van der Waals surface area contributed by atoms with Gasteiger partial charge in [-0.1, -0.05) is 42.5 Å². The Kier molecular flexibility index (Phi) is 6.99. The molecule has 0 fully saturated rings. The topological polar surface area (TPSA) is 40.5 Å². The number of hydrogen-bond acceptors (Lipinski definition) is 2. The van der Waals surface area contributed by atoms with Gasteiger partial charge in [0.1, 0.15) is 0 Å². The van der Waals surface area contributed by atoms with Crippen molar-refractivity contribution in [3.63, 3.8) is 0 Å². The summed E-state index contributed by atoms with van der Waals surface area (Å²) in [6, 6.07) is 0. The predicted octanol–water partition coefficient (Wildman–Crippen LogP) is 1.99. The van der Waals surface area contributed by atoms with Crippen molar-refractivity contribution in [3.05, 3.63) is 12.7 Å². The van der Waals surface area contributed by atoms with Crippen LogP contribution in [0.5, 0.6) is 0 Å². The first-order chi connectivity index (χ1) is 6.04. The van der Waals surface area contributed by atoms with Gasteiger partial charge in [0, 0.05) is 10.3 Å². The number of hydrogen-bond donors (Lipinski definition) is 2. The van der Waals surface area contributed by atoms with Crippen LogP contribution in [-0.2, 0) is 0 Å². The largest absolute Gasteiger partial charge is 0.392 e. The zero-order valence-corrected chi connectivity index (χ0v) is 10.4. The number of aliphatic hydroxyl groups is 2. The molecule has 0 aromatic heterocycles. The van der Waals surface area contributed by atoms with E-state index in [-0.39, 0.29) is 11.8 Å². The molecule has 0 amide bonds. The van der Waals surface area contributed by atoms with Gasteiger partial charge in [-0.05, 0) is 12.3 Å². The Morgan fingerprint density at radius 3 is 2.23 bits per heavy atom. The van der Waals surface area contributed by atoms with Crippen LogP contribution in [-0.4, -0.2) is 26.8 Å². The molecule has 0 heterocycles. The van der Waals surface area contributed by atoms with E-state index < -0.39 is 12.2 Å². The Bertz CT molecular complexity index is 148. The summed E-state index contributed by atoms with van der Waals surface area (Å²) in [5, 5.41) is 19.5. The number of halogens is 1. The first kappa shape index (κ1) is 13.4. The highest BCUT2D eigenvalue weighted by molar-refractivity contribution is 14.1. The fourth-order valence-corrected chi connectivity index (χ4v) is 2.37. The summed E-state index contributed by atoms with van der Waals surface area (Å²) in [4.78, 5) is 0. The SMILES string of the molecule is C=CC[C@H](O)[C@H](CI)[C@@H](O)C(C)C. The summed E-state index contributed by atoms with van der Waals surface area (Å²) in [6.07, 6.45) is 1.35. The summed E-state index contributed by atoms with van der Waals surface area (Å²) in [6.45, 7) is 7.50. The fraction of sp³-hybridized carbons (Fsp3) is 0.800. The number of rotatable bonds is 6. The van der Waals surface area contributed by atoms with E-state index in [4.69, 9.17) is 0 Å². The van der Waals surface area contributed by atoms with E-state index in [9.17, 15) is 10.2 Å². The average molecular weight is 298 g/mol. The molecule has 2 nitrogen and oxygen atoms in total.